The summed E-state index contributed by atoms with van der Waals surface area (Å²) in [4.78, 5) is 38.2. The number of nitrogens with zero attached hydrogens (tertiary/aromatic N) is 5. The molecule has 5 rings (SSSR count). The van der Waals surface area contributed by atoms with Crippen LogP contribution in [0.2, 0.25) is 0 Å². The molecule has 2 fully saturated rings. The topological polar surface area (TPSA) is 71.5 Å². The number of hydrogen-bond acceptors (Lipinski definition) is 6. The number of rotatable bonds is 4. The standard InChI is InChI=1S/C24H28N6O2/c1-27-21-20(22(31)26-24(27)32)30(17-19-10-6-3-7-11-19)23(25-21)29-14-12-28(13-15-29)16-18-8-4-2-5-9-18/h2-11,20-21H,12-17H2,1H3,(H,26,31,32). The Kier molecular flexibility index (Phi) is 5.53. The molecule has 166 valence electrons. The number of guanidine groups is 1. The summed E-state index contributed by atoms with van der Waals surface area (Å²) in [5.41, 5.74) is 2.42. The van der Waals surface area contributed by atoms with Crippen LogP contribution in [0.5, 0.6) is 0 Å². The predicted octanol–water partition coefficient (Wildman–Crippen LogP) is 1.55. The molecule has 3 amide bonds. The number of hydrogen-bond donors (Lipinski definition) is 1. The van der Waals surface area contributed by atoms with E-state index in [0.29, 0.717) is 6.54 Å². The molecule has 3 aliphatic heterocycles. The van der Waals surface area contributed by atoms with Crippen molar-refractivity contribution in [2.24, 2.45) is 4.99 Å². The highest BCUT2D eigenvalue weighted by atomic mass is 16.2. The first-order valence-corrected chi connectivity index (χ1v) is 11.1. The lowest BCUT2D eigenvalue weighted by Gasteiger charge is -2.40. The van der Waals surface area contributed by atoms with Crippen LogP contribution >= 0.6 is 0 Å². The highest BCUT2D eigenvalue weighted by molar-refractivity contribution is 6.03. The predicted molar refractivity (Wildman–Crippen MR) is 122 cm³/mol. The van der Waals surface area contributed by atoms with Gasteiger partial charge in [-0.1, -0.05) is 60.7 Å². The number of amides is 3. The van der Waals surface area contributed by atoms with Crippen molar-refractivity contribution >= 4 is 17.9 Å². The molecule has 8 heteroatoms. The minimum absolute atomic E-state index is 0.282. The van der Waals surface area contributed by atoms with Crippen molar-refractivity contribution in [2.45, 2.75) is 25.3 Å². The number of aliphatic imine (C=N–C) groups is 1. The van der Waals surface area contributed by atoms with E-state index in [1.54, 1.807) is 7.05 Å². The van der Waals surface area contributed by atoms with Crippen LogP contribution in [0.4, 0.5) is 4.79 Å². The molecule has 2 atom stereocenters. The zero-order valence-electron chi connectivity index (χ0n) is 18.2. The molecule has 0 spiro atoms. The Morgan fingerprint density at radius 3 is 2.09 bits per heavy atom. The summed E-state index contributed by atoms with van der Waals surface area (Å²) in [5.74, 6) is 0.524. The summed E-state index contributed by atoms with van der Waals surface area (Å²) < 4.78 is 0. The fourth-order valence-corrected chi connectivity index (χ4v) is 4.67. The summed E-state index contributed by atoms with van der Waals surface area (Å²) in [6, 6.07) is 19.7. The minimum Gasteiger partial charge on any atom is -0.340 e. The van der Waals surface area contributed by atoms with Crippen molar-refractivity contribution in [1.29, 1.82) is 0 Å². The van der Waals surface area contributed by atoms with Gasteiger partial charge in [-0.25, -0.2) is 9.79 Å². The quantitative estimate of drug-likeness (QED) is 0.794. The van der Waals surface area contributed by atoms with Gasteiger partial charge in [0.2, 0.25) is 0 Å². The summed E-state index contributed by atoms with van der Waals surface area (Å²) in [6.45, 7) is 5.00. The Bertz CT molecular complexity index is 1000. The van der Waals surface area contributed by atoms with Crippen molar-refractivity contribution in [3.63, 3.8) is 0 Å². The Morgan fingerprint density at radius 2 is 1.47 bits per heavy atom. The molecule has 32 heavy (non-hydrogen) atoms. The van der Waals surface area contributed by atoms with E-state index >= 15 is 0 Å². The Morgan fingerprint density at radius 1 is 0.875 bits per heavy atom. The van der Waals surface area contributed by atoms with E-state index < -0.39 is 18.2 Å². The van der Waals surface area contributed by atoms with Gasteiger partial charge in [0.25, 0.3) is 5.91 Å². The Balaban J connectivity index is 1.34. The molecule has 2 unspecified atom stereocenters. The van der Waals surface area contributed by atoms with E-state index in [4.69, 9.17) is 4.99 Å². The third-order valence-electron chi connectivity index (χ3n) is 6.44. The molecule has 8 nitrogen and oxygen atoms in total. The highest BCUT2D eigenvalue weighted by Crippen LogP contribution is 2.27. The molecule has 3 aliphatic rings. The van der Waals surface area contributed by atoms with E-state index in [1.807, 2.05) is 24.3 Å². The van der Waals surface area contributed by atoms with E-state index in [0.717, 1.165) is 44.2 Å². The molecular formula is C24H28N6O2. The normalized spacial score (nSPS) is 23.8. The van der Waals surface area contributed by atoms with Gasteiger partial charge in [-0.15, -0.1) is 0 Å². The van der Waals surface area contributed by atoms with E-state index in [9.17, 15) is 9.59 Å². The second-order valence-corrected chi connectivity index (χ2v) is 8.56. The summed E-state index contributed by atoms with van der Waals surface area (Å²) >= 11 is 0. The molecule has 2 aromatic rings. The van der Waals surface area contributed by atoms with Crippen LogP contribution in [0.3, 0.4) is 0 Å². The molecule has 0 bridgehead atoms. The third kappa shape index (κ3) is 3.93. The number of fused-ring (bicyclic) bond motifs is 1. The lowest BCUT2D eigenvalue weighted by atomic mass is 10.1. The fourth-order valence-electron chi connectivity index (χ4n) is 4.67. The number of piperazine rings is 1. The second kappa shape index (κ2) is 8.63. The van der Waals surface area contributed by atoms with Gasteiger partial charge in [0, 0.05) is 46.3 Å². The van der Waals surface area contributed by atoms with Gasteiger partial charge in [-0.2, -0.15) is 0 Å². The zero-order valence-corrected chi connectivity index (χ0v) is 18.2. The molecular weight excluding hydrogens is 404 g/mol. The van der Waals surface area contributed by atoms with Gasteiger partial charge >= 0.3 is 6.03 Å². The van der Waals surface area contributed by atoms with Crippen molar-refractivity contribution in [2.75, 3.05) is 33.2 Å². The van der Waals surface area contributed by atoms with Crippen LogP contribution in [-0.4, -0.2) is 82.9 Å². The number of nitrogens with one attached hydrogen (secondary N) is 1. The van der Waals surface area contributed by atoms with Gasteiger partial charge in [-0.3, -0.25) is 15.0 Å². The van der Waals surface area contributed by atoms with Gasteiger partial charge < -0.3 is 14.7 Å². The van der Waals surface area contributed by atoms with Gasteiger partial charge in [-0.05, 0) is 11.1 Å². The van der Waals surface area contributed by atoms with Crippen molar-refractivity contribution in [3.8, 4) is 0 Å². The third-order valence-corrected chi connectivity index (χ3v) is 6.44. The van der Waals surface area contributed by atoms with Crippen molar-refractivity contribution in [3.05, 3.63) is 71.8 Å². The maximum absolute atomic E-state index is 12.8. The minimum atomic E-state index is -0.518. The van der Waals surface area contributed by atoms with E-state index in [-0.39, 0.29) is 5.91 Å². The lowest BCUT2D eigenvalue weighted by Crippen LogP contribution is -2.64. The van der Waals surface area contributed by atoms with Crippen LogP contribution < -0.4 is 5.32 Å². The van der Waals surface area contributed by atoms with Crippen LogP contribution in [0.15, 0.2) is 65.7 Å². The van der Waals surface area contributed by atoms with Gasteiger partial charge in [0.15, 0.2) is 18.2 Å². The molecule has 2 aromatic carbocycles. The summed E-state index contributed by atoms with van der Waals surface area (Å²) in [5, 5.41) is 2.48. The van der Waals surface area contributed by atoms with Gasteiger partial charge in [0.05, 0.1) is 0 Å². The van der Waals surface area contributed by atoms with E-state index in [1.165, 1.54) is 10.5 Å². The number of carbonyl (C=O) groups is 2. The number of imide groups is 1. The smallest absolute Gasteiger partial charge is 0.325 e. The lowest BCUT2D eigenvalue weighted by molar-refractivity contribution is -0.127. The fraction of sp³-hybridized carbons (Fsp3) is 0.375. The Hall–Kier alpha value is -3.39. The number of carbonyl (C=O) groups excluding carboxylic acids is 2. The zero-order chi connectivity index (χ0) is 22.1. The maximum Gasteiger partial charge on any atom is 0.325 e. The van der Waals surface area contributed by atoms with Gasteiger partial charge in [0.1, 0.15) is 0 Å². The first-order valence-electron chi connectivity index (χ1n) is 11.1. The number of benzene rings is 2. The first-order chi connectivity index (χ1) is 15.6. The molecule has 2 saturated heterocycles. The number of likely N-dealkylation sites (N-methyl/N-ethyl adjacent to an activating group) is 1. The Labute approximate surface area is 188 Å². The molecule has 3 heterocycles. The monoisotopic (exact) mass is 432 g/mol. The van der Waals surface area contributed by atoms with Crippen LogP contribution in [0.25, 0.3) is 0 Å². The summed E-state index contributed by atoms with van der Waals surface area (Å²) in [6.07, 6.45) is -0.502. The van der Waals surface area contributed by atoms with E-state index in [2.05, 4.69) is 56.4 Å². The summed E-state index contributed by atoms with van der Waals surface area (Å²) in [7, 11) is 1.70. The average molecular weight is 433 g/mol. The van der Waals surface area contributed by atoms with Crippen LogP contribution in [0, 0.1) is 0 Å². The first kappa shape index (κ1) is 20.5. The maximum atomic E-state index is 12.8. The molecule has 0 aromatic heterocycles. The van der Waals surface area contributed by atoms with Crippen LogP contribution in [0.1, 0.15) is 11.1 Å². The molecule has 0 aliphatic carbocycles. The molecule has 0 saturated carbocycles. The van der Waals surface area contributed by atoms with Crippen molar-refractivity contribution < 1.29 is 9.59 Å². The average Bonchev–Trinajstić information content (AvgIpc) is 3.19. The number of urea groups is 1. The van der Waals surface area contributed by atoms with Crippen molar-refractivity contribution in [1.82, 2.24) is 24.9 Å². The second-order valence-electron chi connectivity index (χ2n) is 8.56. The highest BCUT2D eigenvalue weighted by Gasteiger charge is 2.49. The molecule has 0 radical (unpaired) electrons. The molecule has 1 N–H and O–H groups in total. The van der Waals surface area contributed by atoms with Crippen LogP contribution in [-0.2, 0) is 17.9 Å². The SMILES string of the molecule is CN1C(=O)NC(=O)C2C1N=C(N1CCN(Cc3ccccc3)CC1)N2Cc1ccccc1. The largest absolute Gasteiger partial charge is 0.340 e.